The molecule has 1 aromatic carbocycles. The molecule has 5 nitrogen and oxygen atoms in total. The maximum absolute atomic E-state index is 11.4. The Kier molecular flexibility index (Phi) is 5.82. The molecule has 0 saturated carbocycles. The average molecular weight is 304 g/mol. The summed E-state index contributed by atoms with van der Waals surface area (Å²) in [6.07, 6.45) is 1.02. The molecule has 0 saturated heterocycles. The average Bonchev–Trinajstić information content (AvgIpc) is 2.34. The van der Waals surface area contributed by atoms with Crippen molar-refractivity contribution in [3.05, 3.63) is 39.9 Å². The number of halogens is 2. The first-order chi connectivity index (χ1) is 8.90. The van der Waals surface area contributed by atoms with Crippen LogP contribution in [0.15, 0.2) is 24.3 Å². The third-order valence-electron chi connectivity index (χ3n) is 2.13. The zero-order valence-corrected chi connectivity index (χ0v) is 11.1. The molecule has 0 fully saturated rings. The molecular formula is C12H11Cl2NO4. The van der Waals surface area contributed by atoms with Crippen LogP contribution in [0.4, 0.5) is 0 Å². The smallest absolute Gasteiger partial charge is 0.334 e. The first kappa shape index (κ1) is 15.5. The molecule has 0 aliphatic carbocycles. The Bertz CT molecular complexity index is 516. The van der Waals surface area contributed by atoms with E-state index in [2.05, 4.69) is 5.32 Å². The number of amides is 1. The number of carbonyl (C=O) groups excluding carboxylic acids is 1. The predicted octanol–water partition coefficient (Wildman–Crippen LogP) is 1.57. The van der Waals surface area contributed by atoms with Gasteiger partial charge in [-0.15, -0.1) is 0 Å². The Hall–Kier alpha value is -1.56. The molecule has 0 spiro atoms. The fourth-order valence-electron chi connectivity index (χ4n) is 1.15. The van der Waals surface area contributed by atoms with Crippen molar-refractivity contribution in [1.82, 2.24) is 5.32 Å². The molecule has 102 valence electrons. The molecule has 1 rings (SSSR count). The highest BCUT2D eigenvalue weighted by Gasteiger charge is 2.12. The van der Waals surface area contributed by atoms with Gasteiger partial charge in [-0.1, -0.05) is 29.3 Å². The lowest BCUT2D eigenvalue weighted by Gasteiger charge is -2.05. The van der Waals surface area contributed by atoms with Crippen molar-refractivity contribution in [3.63, 3.8) is 0 Å². The van der Waals surface area contributed by atoms with Crippen LogP contribution in [0.5, 0.6) is 0 Å². The summed E-state index contributed by atoms with van der Waals surface area (Å²) in [5.74, 6) is -1.93. The molecule has 0 heterocycles. The van der Waals surface area contributed by atoms with E-state index in [1.165, 1.54) is 18.2 Å². The number of carbonyl (C=O) groups is 2. The summed E-state index contributed by atoms with van der Waals surface area (Å²) in [5.41, 5.74) is 0.597. The zero-order chi connectivity index (χ0) is 14.4. The van der Waals surface area contributed by atoms with E-state index < -0.39 is 18.0 Å². The number of rotatable bonds is 5. The number of nitrogens with one attached hydrogen (secondary N) is 1. The minimum Gasteiger partial charge on any atom is -0.479 e. The van der Waals surface area contributed by atoms with Crippen LogP contribution in [0.1, 0.15) is 5.56 Å². The van der Waals surface area contributed by atoms with E-state index in [4.69, 9.17) is 33.4 Å². The van der Waals surface area contributed by atoms with Crippen molar-refractivity contribution >= 4 is 41.2 Å². The zero-order valence-electron chi connectivity index (χ0n) is 9.64. The number of carboxylic acids is 1. The van der Waals surface area contributed by atoms with Crippen molar-refractivity contribution in [2.24, 2.45) is 0 Å². The highest BCUT2D eigenvalue weighted by molar-refractivity contribution is 6.35. The van der Waals surface area contributed by atoms with E-state index in [0.717, 1.165) is 0 Å². The number of hydrogen-bond acceptors (Lipinski definition) is 3. The molecule has 0 radical (unpaired) electrons. The maximum Gasteiger partial charge on any atom is 0.334 e. The molecule has 1 amide bonds. The van der Waals surface area contributed by atoms with E-state index in [0.29, 0.717) is 15.6 Å². The number of aliphatic hydroxyl groups is 1. The Balaban J connectivity index is 2.56. The largest absolute Gasteiger partial charge is 0.479 e. The van der Waals surface area contributed by atoms with Gasteiger partial charge in [-0.25, -0.2) is 4.79 Å². The summed E-state index contributed by atoms with van der Waals surface area (Å²) in [6.45, 7) is -0.368. The van der Waals surface area contributed by atoms with Gasteiger partial charge in [-0.05, 0) is 23.8 Å². The summed E-state index contributed by atoms with van der Waals surface area (Å²) in [5, 5.41) is 20.5. The second kappa shape index (κ2) is 7.13. The summed E-state index contributed by atoms with van der Waals surface area (Å²) in [4.78, 5) is 21.7. The molecule has 3 N–H and O–H groups in total. The van der Waals surface area contributed by atoms with Crippen molar-refractivity contribution in [2.45, 2.75) is 6.10 Å². The standard InChI is InChI=1S/C12H11Cl2NO4/c13-8-3-1-7(9(14)5-8)2-4-11(17)15-6-10(16)12(18)19/h1-5,10,16H,6H2,(H,15,17)(H,18,19)/b4-2+/t10-/m0/s1. The molecule has 0 aliphatic rings. The van der Waals surface area contributed by atoms with Crippen molar-refractivity contribution in [1.29, 1.82) is 0 Å². The quantitative estimate of drug-likeness (QED) is 0.721. The SMILES string of the molecule is O=C(/C=C/c1ccc(Cl)cc1Cl)NC[C@H](O)C(=O)O. The number of hydrogen-bond donors (Lipinski definition) is 3. The van der Waals surface area contributed by atoms with E-state index >= 15 is 0 Å². The third kappa shape index (κ3) is 5.30. The van der Waals surface area contributed by atoms with Crippen molar-refractivity contribution < 1.29 is 19.8 Å². The predicted molar refractivity (Wildman–Crippen MR) is 72.1 cm³/mol. The van der Waals surface area contributed by atoms with Crippen LogP contribution >= 0.6 is 23.2 Å². The van der Waals surface area contributed by atoms with Crippen LogP contribution in [-0.4, -0.2) is 34.7 Å². The van der Waals surface area contributed by atoms with Crippen LogP contribution in [-0.2, 0) is 9.59 Å². The van der Waals surface area contributed by atoms with Crippen LogP contribution in [0.3, 0.4) is 0 Å². The number of aliphatic carboxylic acids is 1. The van der Waals surface area contributed by atoms with Gasteiger partial charge in [0.25, 0.3) is 0 Å². The Morgan fingerprint density at radius 2 is 2.05 bits per heavy atom. The maximum atomic E-state index is 11.4. The van der Waals surface area contributed by atoms with Gasteiger partial charge in [0.05, 0.1) is 6.54 Å². The Morgan fingerprint density at radius 1 is 1.37 bits per heavy atom. The van der Waals surface area contributed by atoms with Gasteiger partial charge in [0, 0.05) is 16.1 Å². The van der Waals surface area contributed by atoms with Crippen molar-refractivity contribution in [3.8, 4) is 0 Å². The molecular weight excluding hydrogens is 293 g/mol. The molecule has 0 unspecified atom stereocenters. The third-order valence-corrected chi connectivity index (χ3v) is 2.69. The van der Waals surface area contributed by atoms with Crippen LogP contribution in [0.2, 0.25) is 10.0 Å². The lowest BCUT2D eigenvalue weighted by Crippen LogP contribution is -2.35. The molecule has 1 atom stereocenters. The summed E-state index contributed by atoms with van der Waals surface area (Å²) in [6, 6.07) is 4.80. The highest BCUT2D eigenvalue weighted by atomic mass is 35.5. The van der Waals surface area contributed by atoms with Crippen LogP contribution in [0, 0.1) is 0 Å². The van der Waals surface area contributed by atoms with Gasteiger partial charge < -0.3 is 15.5 Å². The Labute approximate surface area is 119 Å². The van der Waals surface area contributed by atoms with Gasteiger partial charge in [-0.2, -0.15) is 0 Å². The summed E-state index contributed by atoms with van der Waals surface area (Å²) in [7, 11) is 0. The topological polar surface area (TPSA) is 86.6 Å². The first-order valence-electron chi connectivity index (χ1n) is 5.22. The van der Waals surface area contributed by atoms with E-state index in [1.54, 1.807) is 12.1 Å². The molecule has 0 aliphatic heterocycles. The lowest BCUT2D eigenvalue weighted by atomic mass is 10.2. The van der Waals surface area contributed by atoms with Gasteiger partial charge in [0.2, 0.25) is 5.91 Å². The Morgan fingerprint density at radius 3 is 2.63 bits per heavy atom. The minimum absolute atomic E-state index is 0.368. The molecule has 0 aromatic heterocycles. The van der Waals surface area contributed by atoms with Crippen LogP contribution < -0.4 is 5.32 Å². The fraction of sp³-hybridized carbons (Fsp3) is 0.167. The lowest BCUT2D eigenvalue weighted by molar-refractivity contribution is -0.146. The van der Waals surface area contributed by atoms with Gasteiger partial charge in [0.15, 0.2) is 6.10 Å². The molecule has 7 heteroatoms. The normalized spacial score (nSPS) is 12.4. The molecule has 19 heavy (non-hydrogen) atoms. The summed E-state index contributed by atoms with van der Waals surface area (Å²) < 4.78 is 0. The molecule has 0 bridgehead atoms. The number of benzene rings is 1. The second-order valence-electron chi connectivity index (χ2n) is 3.60. The number of carboxylic acid groups (broad SMARTS) is 1. The highest BCUT2D eigenvalue weighted by Crippen LogP contribution is 2.21. The minimum atomic E-state index is -1.63. The van der Waals surface area contributed by atoms with E-state index in [-0.39, 0.29) is 6.54 Å². The first-order valence-corrected chi connectivity index (χ1v) is 5.97. The van der Waals surface area contributed by atoms with Crippen molar-refractivity contribution in [2.75, 3.05) is 6.54 Å². The monoisotopic (exact) mass is 303 g/mol. The fourth-order valence-corrected chi connectivity index (χ4v) is 1.62. The van der Waals surface area contributed by atoms with Gasteiger partial charge in [0.1, 0.15) is 0 Å². The van der Waals surface area contributed by atoms with E-state index in [9.17, 15) is 9.59 Å². The van der Waals surface area contributed by atoms with E-state index in [1.807, 2.05) is 0 Å². The summed E-state index contributed by atoms with van der Waals surface area (Å²) >= 11 is 11.6. The van der Waals surface area contributed by atoms with Gasteiger partial charge >= 0.3 is 5.97 Å². The number of aliphatic hydroxyl groups excluding tert-OH is 1. The van der Waals surface area contributed by atoms with Gasteiger partial charge in [-0.3, -0.25) is 4.79 Å². The second-order valence-corrected chi connectivity index (χ2v) is 4.44. The van der Waals surface area contributed by atoms with Crippen LogP contribution in [0.25, 0.3) is 6.08 Å². The molecule has 1 aromatic rings.